The quantitative estimate of drug-likeness (QED) is 0.184. The van der Waals surface area contributed by atoms with Crippen molar-refractivity contribution in [1.82, 2.24) is 20.9 Å². The topological polar surface area (TPSA) is 192 Å². The summed E-state index contributed by atoms with van der Waals surface area (Å²) in [6.07, 6.45) is -1.11. The van der Waals surface area contributed by atoms with Crippen molar-refractivity contribution in [3.63, 3.8) is 0 Å². The maximum Gasteiger partial charge on any atom is 0.264 e. The third-order valence-electron chi connectivity index (χ3n) is 7.13. The van der Waals surface area contributed by atoms with Gasteiger partial charge >= 0.3 is 0 Å². The molecule has 1 aliphatic rings. The van der Waals surface area contributed by atoms with Gasteiger partial charge in [0.1, 0.15) is 11.8 Å². The Morgan fingerprint density at radius 2 is 1.69 bits per heavy atom. The first-order valence-electron chi connectivity index (χ1n) is 14.9. The molecule has 3 rings (SSSR count). The number of aliphatic hydroxyl groups is 1. The molecule has 244 valence electrons. The van der Waals surface area contributed by atoms with E-state index in [9.17, 15) is 29.1 Å². The van der Waals surface area contributed by atoms with Crippen LogP contribution in [-0.4, -0.2) is 89.5 Å². The summed E-state index contributed by atoms with van der Waals surface area (Å²) in [5, 5.41) is 21.8. The zero-order valence-electron chi connectivity index (χ0n) is 26.2. The Balaban J connectivity index is 1.61. The van der Waals surface area contributed by atoms with Gasteiger partial charge in [0.15, 0.2) is 12.7 Å². The van der Waals surface area contributed by atoms with Crippen LogP contribution in [0.15, 0.2) is 54.6 Å². The van der Waals surface area contributed by atoms with E-state index in [-0.39, 0.29) is 18.9 Å². The minimum Gasteiger partial charge on any atom is -0.484 e. The molecule has 1 aliphatic heterocycles. The molecule has 0 bridgehead atoms. The summed E-state index contributed by atoms with van der Waals surface area (Å²) in [5.41, 5.74) is 7.09. The second-order valence-electron chi connectivity index (χ2n) is 12.0. The summed E-state index contributed by atoms with van der Waals surface area (Å²) in [6, 6.07) is 12.5. The lowest BCUT2D eigenvalue weighted by Crippen LogP contribution is -2.58. The molecule has 13 nitrogen and oxygen atoms in total. The van der Waals surface area contributed by atoms with E-state index in [0.717, 1.165) is 11.3 Å². The van der Waals surface area contributed by atoms with Crippen LogP contribution in [0.25, 0.3) is 0 Å². The van der Waals surface area contributed by atoms with Gasteiger partial charge in [0.05, 0.1) is 18.5 Å². The minimum atomic E-state index is -1.70. The normalized spacial score (nSPS) is 16.6. The number of anilines is 1. The zero-order chi connectivity index (χ0) is 33.1. The number of nitrogens with two attached hydrogens (primary N) is 1. The fourth-order valence-corrected chi connectivity index (χ4v) is 4.90. The smallest absolute Gasteiger partial charge is 0.264 e. The van der Waals surface area contributed by atoms with Crippen LogP contribution < -0.4 is 31.7 Å². The fraction of sp³-hybridized carbons (Fsp3) is 0.469. The van der Waals surface area contributed by atoms with Crippen LogP contribution in [0.3, 0.4) is 0 Å². The monoisotopic (exact) mass is 624 g/mol. The Kier molecular flexibility index (Phi) is 12.4. The molecule has 0 unspecified atom stereocenters. The van der Waals surface area contributed by atoms with E-state index in [1.807, 2.05) is 26.8 Å². The van der Waals surface area contributed by atoms with Crippen LogP contribution >= 0.6 is 0 Å². The molecule has 2 aromatic carbocycles. The van der Waals surface area contributed by atoms with Crippen LogP contribution in [0.2, 0.25) is 0 Å². The zero-order valence-corrected chi connectivity index (χ0v) is 26.2. The number of nitrogens with one attached hydrogen (secondary N) is 4. The molecular weight excluding hydrogens is 580 g/mol. The second-order valence-corrected chi connectivity index (χ2v) is 12.0. The van der Waals surface area contributed by atoms with Gasteiger partial charge in [-0.05, 0) is 69.9 Å². The number of carbonyl (C=O) groups excluding carboxylic acids is 5. The van der Waals surface area contributed by atoms with Crippen molar-refractivity contribution in [1.29, 1.82) is 0 Å². The van der Waals surface area contributed by atoms with Gasteiger partial charge in [0, 0.05) is 24.8 Å². The molecule has 7 N–H and O–H groups in total. The largest absolute Gasteiger partial charge is 0.484 e. The average molecular weight is 625 g/mol. The first kappa shape index (κ1) is 35.0. The summed E-state index contributed by atoms with van der Waals surface area (Å²) < 4.78 is 5.38. The molecule has 1 fully saturated rings. The highest BCUT2D eigenvalue weighted by molar-refractivity contribution is 5.98. The van der Waals surface area contributed by atoms with Crippen molar-refractivity contribution in [3.05, 3.63) is 60.2 Å². The fourth-order valence-electron chi connectivity index (χ4n) is 4.90. The molecule has 0 aliphatic carbocycles. The molecule has 1 heterocycles. The van der Waals surface area contributed by atoms with Crippen LogP contribution in [0.4, 0.5) is 5.69 Å². The third-order valence-corrected chi connectivity index (χ3v) is 7.13. The van der Waals surface area contributed by atoms with Crippen LogP contribution in [-0.2, 0) is 30.4 Å². The van der Waals surface area contributed by atoms with Gasteiger partial charge in [-0.15, -0.1) is 0 Å². The Morgan fingerprint density at radius 1 is 1.02 bits per heavy atom. The highest BCUT2D eigenvalue weighted by Crippen LogP contribution is 2.21. The summed E-state index contributed by atoms with van der Waals surface area (Å²) in [6.45, 7) is 5.37. The highest BCUT2D eigenvalue weighted by atomic mass is 16.5. The standard InChI is InChI=1S/C32H44N6O7/c1-32(2,3)37-30(43)25-11-8-16-38(25)31(44)28(41)24(17-20-9-6-5-7-10-20)35-29(42)23(33)18-26(39)36-27(40)19-45-22-14-12-21(34-4)13-15-22/h5-7,9-10,12-15,23-25,28,34,41H,8,11,16-19,33H2,1-4H3,(H,35,42)(H,37,43)(H,36,39,40)/t23-,24-,25-,28-/m0/s1. The van der Waals surface area contributed by atoms with Gasteiger partial charge in [-0.3, -0.25) is 29.3 Å². The number of likely N-dealkylation sites (tertiary alicyclic amines) is 1. The molecule has 5 amide bonds. The number of aliphatic hydroxyl groups excluding tert-OH is 1. The molecule has 13 heteroatoms. The number of imide groups is 1. The van der Waals surface area contributed by atoms with Gasteiger partial charge in [0.2, 0.25) is 17.7 Å². The lowest BCUT2D eigenvalue weighted by Gasteiger charge is -2.32. The number of rotatable bonds is 13. The molecular formula is C32H44N6O7. The summed E-state index contributed by atoms with van der Waals surface area (Å²) in [5.74, 6) is -2.89. The molecule has 0 spiro atoms. The van der Waals surface area contributed by atoms with E-state index in [0.29, 0.717) is 18.6 Å². The van der Waals surface area contributed by atoms with Crippen molar-refractivity contribution in [2.75, 3.05) is 25.5 Å². The van der Waals surface area contributed by atoms with Crippen molar-refractivity contribution in [2.24, 2.45) is 5.73 Å². The second kappa shape index (κ2) is 16.0. The number of benzene rings is 2. The maximum atomic E-state index is 13.5. The van der Waals surface area contributed by atoms with E-state index in [4.69, 9.17) is 10.5 Å². The molecule has 2 aromatic rings. The number of hydrogen-bond acceptors (Lipinski definition) is 9. The van der Waals surface area contributed by atoms with Gasteiger partial charge in [-0.25, -0.2) is 0 Å². The van der Waals surface area contributed by atoms with Crippen molar-refractivity contribution < 1.29 is 33.8 Å². The van der Waals surface area contributed by atoms with Crippen LogP contribution in [0.1, 0.15) is 45.6 Å². The molecule has 4 atom stereocenters. The predicted octanol–water partition coefficient (Wildman–Crippen LogP) is 0.461. The Hall–Kier alpha value is -4.49. The molecule has 0 saturated carbocycles. The van der Waals surface area contributed by atoms with E-state index in [1.165, 1.54) is 4.90 Å². The number of amides is 5. The van der Waals surface area contributed by atoms with E-state index < -0.39 is 66.4 Å². The lowest BCUT2D eigenvalue weighted by molar-refractivity contribution is -0.147. The lowest BCUT2D eigenvalue weighted by atomic mass is 9.99. The van der Waals surface area contributed by atoms with E-state index in [1.54, 1.807) is 55.6 Å². The van der Waals surface area contributed by atoms with Crippen LogP contribution in [0, 0.1) is 0 Å². The summed E-state index contributed by atoms with van der Waals surface area (Å²) in [4.78, 5) is 65.5. The summed E-state index contributed by atoms with van der Waals surface area (Å²) in [7, 11) is 1.77. The first-order valence-corrected chi connectivity index (χ1v) is 14.9. The number of hydrogen-bond donors (Lipinski definition) is 6. The van der Waals surface area contributed by atoms with Gasteiger partial charge in [0.25, 0.3) is 11.8 Å². The minimum absolute atomic E-state index is 0.0796. The SMILES string of the molecule is CNc1ccc(OCC(=O)NC(=O)C[C@H](N)C(=O)N[C@@H](Cc2ccccc2)[C@H](O)C(=O)N2CCC[C@H]2C(=O)NC(C)(C)C)cc1. The number of carbonyl (C=O) groups is 5. The van der Waals surface area contributed by atoms with Crippen molar-refractivity contribution in [3.8, 4) is 5.75 Å². The van der Waals surface area contributed by atoms with Gasteiger partial charge in [-0.1, -0.05) is 30.3 Å². The number of ether oxygens (including phenoxy) is 1. The van der Waals surface area contributed by atoms with Crippen molar-refractivity contribution >= 4 is 35.2 Å². The molecule has 45 heavy (non-hydrogen) atoms. The summed E-state index contributed by atoms with van der Waals surface area (Å²) >= 11 is 0. The first-order chi connectivity index (χ1) is 21.3. The Bertz CT molecular complexity index is 1330. The molecule has 0 radical (unpaired) electrons. The predicted molar refractivity (Wildman–Crippen MR) is 168 cm³/mol. The van der Waals surface area contributed by atoms with Crippen molar-refractivity contribution in [2.45, 2.75) is 76.2 Å². The van der Waals surface area contributed by atoms with Gasteiger partial charge in [-0.2, -0.15) is 0 Å². The molecule has 0 aromatic heterocycles. The molecule has 1 saturated heterocycles. The van der Waals surface area contributed by atoms with E-state index >= 15 is 0 Å². The Morgan fingerprint density at radius 3 is 2.31 bits per heavy atom. The Labute approximate surface area is 263 Å². The number of nitrogens with zero attached hydrogens (tertiary/aromatic N) is 1. The van der Waals surface area contributed by atoms with Gasteiger partial charge < -0.3 is 36.4 Å². The average Bonchev–Trinajstić information content (AvgIpc) is 3.49. The van der Waals surface area contributed by atoms with E-state index in [2.05, 4.69) is 21.3 Å². The maximum absolute atomic E-state index is 13.5. The van der Waals surface area contributed by atoms with Crippen LogP contribution in [0.5, 0.6) is 5.75 Å². The highest BCUT2D eigenvalue weighted by Gasteiger charge is 2.40. The third kappa shape index (κ3) is 10.9.